The monoisotopic (exact) mass is 258 g/mol. The first kappa shape index (κ1) is 13.5. The molecule has 0 radical (unpaired) electrons. The molecular formula is C15H18N2O2. The molecule has 0 N–H and O–H groups in total. The number of aromatic nitrogens is 1. The molecule has 0 aliphatic heterocycles. The van der Waals surface area contributed by atoms with Crippen molar-refractivity contribution in [3.8, 4) is 0 Å². The molecule has 0 saturated heterocycles. The van der Waals surface area contributed by atoms with E-state index in [1.54, 1.807) is 6.20 Å². The highest BCUT2D eigenvalue weighted by molar-refractivity contribution is 5.78. The molecule has 4 heteroatoms. The Kier molecular flexibility index (Phi) is 4.47. The number of pyridine rings is 1. The van der Waals surface area contributed by atoms with Crippen LogP contribution in [0.25, 0.3) is 10.9 Å². The number of likely N-dealkylation sites (N-methyl/N-ethyl adjacent to an activating group) is 1. The minimum Gasteiger partial charge on any atom is -0.468 e. The van der Waals surface area contributed by atoms with E-state index < -0.39 is 0 Å². The molecular weight excluding hydrogens is 240 g/mol. The predicted octanol–water partition coefficient (Wildman–Crippen LogP) is 2.23. The van der Waals surface area contributed by atoms with Crippen molar-refractivity contribution >= 4 is 16.9 Å². The Bertz CT molecular complexity index is 569. The van der Waals surface area contributed by atoms with Crippen LogP contribution in [-0.4, -0.2) is 36.1 Å². The third-order valence-electron chi connectivity index (χ3n) is 3.10. The number of methoxy groups -OCH3 is 1. The quantitative estimate of drug-likeness (QED) is 0.771. The molecule has 1 aromatic carbocycles. The molecule has 0 aliphatic carbocycles. The van der Waals surface area contributed by atoms with Crippen molar-refractivity contribution in [1.29, 1.82) is 0 Å². The number of benzene rings is 1. The molecule has 0 atom stereocenters. The number of carbonyl (C=O) groups excluding carboxylic acids is 1. The minimum atomic E-state index is -0.204. The highest BCUT2D eigenvalue weighted by Crippen LogP contribution is 2.14. The van der Waals surface area contributed by atoms with Gasteiger partial charge in [-0.3, -0.25) is 14.7 Å². The van der Waals surface area contributed by atoms with Crippen molar-refractivity contribution in [3.63, 3.8) is 0 Å². The molecule has 0 spiro atoms. The van der Waals surface area contributed by atoms with Crippen molar-refractivity contribution < 1.29 is 9.53 Å². The normalized spacial score (nSPS) is 10.9. The number of ether oxygens (including phenoxy) is 1. The molecule has 0 aliphatic rings. The van der Waals surface area contributed by atoms with E-state index in [9.17, 15) is 4.79 Å². The van der Waals surface area contributed by atoms with Crippen LogP contribution in [0.15, 0.2) is 36.5 Å². The molecule has 0 saturated carbocycles. The number of nitrogens with zero attached hydrogens (tertiary/aromatic N) is 2. The van der Waals surface area contributed by atoms with Crippen LogP contribution in [0.4, 0.5) is 0 Å². The summed E-state index contributed by atoms with van der Waals surface area (Å²) in [7, 11) is 1.41. The van der Waals surface area contributed by atoms with Crippen molar-refractivity contribution in [1.82, 2.24) is 9.88 Å². The molecule has 100 valence electrons. The van der Waals surface area contributed by atoms with Crippen LogP contribution >= 0.6 is 0 Å². The van der Waals surface area contributed by atoms with Crippen molar-refractivity contribution in [2.75, 3.05) is 20.2 Å². The van der Waals surface area contributed by atoms with Gasteiger partial charge in [0.15, 0.2) is 0 Å². The number of hydrogen-bond acceptors (Lipinski definition) is 4. The second-order valence-corrected chi connectivity index (χ2v) is 4.41. The molecule has 0 unspecified atom stereocenters. The molecule has 1 aromatic heterocycles. The molecule has 0 amide bonds. The summed E-state index contributed by atoms with van der Waals surface area (Å²) in [4.78, 5) is 17.7. The molecule has 2 rings (SSSR count). The van der Waals surface area contributed by atoms with Crippen LogP contribution in [0.3, 0.4) is 0 Å². The van der Waals surface area contributed by atoms with Crippen LogP contribution in [0.2, 0.25) is 0 Å². The zero-order valence-corrected chi connectivity index (χ0v) is 11.3. The summed E-state index contributed by atoms with van der Waals surface area (Å²) in [6.07, 6.45) is 1.79. The van der Waals surface area contributed by atoms with Gasteiger partial charge < -0.3 is 4.74 Å². The second kappa shape index (κ2) is 6.29. The average molecular weight is 258 g/mol. The molecule has 4 nitrogen and oxygen atoms in total. The van der Waals surface area contributed by atoms with E-state index in [0.717, 1.165) is 24.0 Å². The van der Waals surface area contributed by atoms with Gasteiger partial charge in [0, 0.05) is 18.1 Å². The maximum Gasteiger partial charge on any atom is 0.319 e. The fourth-order valence-corrected chi connectivity index (χ4v) is 2.01. The average Bonchev–Trinajstić information content (AvgIpc) is 2.46. The van der Waals surface area contributed by atoms with Crippen molar-refractivity contribution in [2.45, 2.75) is 13.5 Å². The van der Waals surface area contributed by atoms with Gasteiger partial charge in [0.25, 0.3) is 0 Å². The van der Waals surface area contributed by atoms with Crippen LogP contribution in [0.5, 0.6) is 0 Å². The maximum atomic E-state index is 11.3. The second-order valence-electron chi connectivity index (χ2n) is 4.41. The van der Waals surface area contributed by atoms with E-state index in [0.29, 0.717) is 6.54 Å². The van der Waals surface area contributed by atoms with Gasteiger partial charge >= 0.3 is 5.97 Å². The Labute approximate surface area is 113 Å². The smallest absolute Gasteiger partial charge is 0.319 e. The van der Waals surface area contributed by atoms with Crippen molar-refractivity contribution in [3.05, 3.63) is 42.1 Å². The van der Waals surface area contributed by atoms with Crippen LogP contribution in [0.1, 0.15) is 12.5 Å². The number of fused-ring (bicyclic) bond motifs is 1. The third-order valence-corrected chi connectivity index (χ3v) is 3.10. The lowest BCUT2D eigenvalue weighted by Crippen LogP contribution is -2.29. The molecule has 0 fully saturated rings. The molecule has 19 heavy (non-hydrogen) atoms. The summed E-state index contributed by atoms with van der Waals surface area (Å²) in [5, 5.41) is 1.12. The summed E-state index contributed by atoms with van der Waals surface area (Å²) < 4.78 is 4.70. The summed E-state index contributed by atoms with van der Waals surface area (Å²) in [6, 6.07) is 10.1. The third kappa shape index (κ3) is 3.51. The topological polar surface area (TPSA) is 42.4 Å². The van der Waals surface area contributed by atoms with Gasteiger partial charge in [-0.15, -0.1) is 0 Å². The number of esters is 1. The SMILES string of the molecule is CCN(CC(=O)OC)Cc1ccc2ncccc2c1. The molecule has 0 bridgehead atoms. The first-order chi connectivity index (χ1) is 9.22. The summed E-state index contributed by atoms with van der Waals surface area (Å²) in [5.74, 6) is -0.204. The minimum absolute atomic E-state index is 0.204. The fraction of sp³-hybridized carbons (Fsp3) is 0.333. The van der Waals surface area contributed by atoms with Gasteiger partial charge in [0.2, 0.25) is 0 Å². The highest BCUT2D eigenvalue weighted by atomic mass is 16.5. The Balaban J connectivity index is 2.12. The van der Waals surface area contributed by atoms with Gasteiger partial charge in [-0.2, -0.15) is 0 Å². The van der Waals surface area contributed by atoms with Crippen molar-refractivity contribution in [2.24, 2.45) is 0 Å². The van der Waals surface area contributed by atoms with Crippen LogP contribution < -0.4 is 0 Å². The molecule has 1 heterocycles. The lowest BCUT2D eigenvalue weighted by atomic mass is 10.1. The Morgan fingerprint density at radius 2 is 2.21 bits per heavy atom. The van der Waals surface area contributed by atoms with Gasteiger partial charge in [0.05, 0.1) is 19.2 Å². The van der Waals surface area contributed by atoms with E-state index in [1.807, 2.05) is 30.0 Å². The summed E-state index contributed by atoms with van der Waals surface area (Å²) >= 11 is 0. The van der Waals surface area contributed by atoms with E-state index in [1.165, 1.54) is 12.7 Å². The lowest BCUT2D eigenvalue weighted by molar-refractivity contribution is -0.142. The zero-order valence-electron chi connectivity index (χ0n) is 11.3. The van der Waals surface area contributed by atoms with Crippen LogP contribution in [0, 0.1) is 0 Å². The largest absolute Gasteiger partial charge is 0.468 e. The highest BCUT2D eigenvalue weighted by Gasteiger charge is 2.09. The Morgan fingerprint density at radius 1 is 1.37 bits per heavy atom. The maximum absolute atomic E-state index is 11.3. The fourth-order valence-electron chi connectivity index (χ4n) is 2.01. The van der Waals surface area contributed by atoms with E-state index >= 15 is 0 Å². The number of rotatable bonds is 5. The Morgan fingerprint density at radius 3 is 2.95 bits per heavy atom. The number of carbonyl (C=O) groups is 1. The van der Waals surface area contributed by atoms with Gasteiger partial charge in [0.1, 0.15) is 0 Å². The Hall–Kier alpha value is -1.94. The molecule has 2 aromatic rings. The number of hydrogen-bond donors (Lipinski definition) is 0. The summed E-state index contributed by atoms with van der Waals surface area (Å²) in [5.41, 5.74) is 2.16. The van der Waals surface area contributed by atoms with E-state index in [-0.39, 0.29) is 5.97 Å². The standard InChI is InChI=1S/C15H18N2O2/c1-3-17(11-15(18)19-2)10-12-6-7-14-13(9-12)5-4-8-16-14/h4-9H,3,10-11H2,1-2H3. The first-order valence-corrected chi connectivity index (χ1v) is 6.35. The van der Waals surface area contributed by atoms with E-state index in [2.05, 4.69) is 17.1 Å². The van der Waals surface area contributed by atoms with Gasteiger partial charge in [-0.25, -0.2) is 0 Å². The van der Waals surface area contributed by atoms with Crippen LogP contribution in [-0.2, 0) is 16.1 Å². The zero-order chi connectivity index (χ0) is 13.7. The van der Waals surface area contributed by atoms with Gasteiger partial charge in [-0.05, 0) is 30.3 Å². The van der Waals surface area contributed by atoms with E-state index in [4.69, 9.17) is 4.74 Å². The predicted molar refractivity (Wildman–Crippen MR) is 74.7 cm³/mol. The first-order valence-electron chi connectivity index (χ1n) is 6.35. The van der Waals surface area contributed by atoms with Gasteiger partial charge in [-0.1, -0.05) is 19.1 Å². The lowest BCUT2D eigenvalue weighted by Gasteiger charge is -2.19. The summed E-state index contributed by atoms with van der Waals surface area (Å²) in [6.45, 7) is 3.89.